The van der Waals surface area contributed by atoms with Crippen LogP contribution in [0.15, 0.2) is 0 Å². The second kappa shape index (κ2) is 5.24. The van der Waals surface area contributed by atoms with Crippen molar-refractivity contribution in [1.82, 2.24) is 15.5 Å². The summed E-state index contributed by atoms with van der Waals surface area (Å²) in [7, 11) is 1.95. The molecule has 102 valence electrons. The van der Waals surface area contributed by atoms with Crippen LogP contribution in [0.4, 0.5) is 4.79 Å². The number of nitrogens with two attached hydrogens (primary N) is 1. The van der Waals surface area contributed by atoms with Gasteiger partial charge in [-0.15, -0.1) is 0 Å². The number of hydrogen-bond donors (Lipinski definition) is 3. The van der Waals surface area contributed by atoms with Gasteiger partial charge in [-0.1, -0.05) is 0 Å². The monoisotopic (exact) mass is 254 g/mol. The molecule has 2 bridgehead atoms. The summed E-state index contributed by atoms with van der Waals surface area (Å²) < 4.78 is 0. The maximum Gasteiger partial charge on any atom is 0.318 e. The van der Waals surface area contributed by atoms with Crippen LogP contribution in [-0.2, 0) is 4.79 Å². The van der Waals surface area contributed by atoms with Crippen LogP contribution in [0, 0.1) is 0 Å². The van der Waals surface area contributed by atoms with E-state index in [1.54, 1.807) is 0 Å². The largest absolute Gasteiger partial charge is 0.351 e. The number of rotatable bonds is 3. The Kier molecular flexibility index (Phi) is 3.87. The highest BCUT2D eigenvalue weighted by Gasteiger charge is 2.37. The Hall–Kier alpha value is -1.14. The molecule has 2 saturated heterocycles. The normalized spacial score (nSPS) is 32.3. The highest BCUT2D eigenvalue weighted by molar-refractivity contribution is 5.96. The molecule has 3 unspecified atom stereocenters. The molecule has 4 N–H and O–H groups in total. The van der Waals surface area contributed by atoms with Crippen molar-refractivity contribution in [3.63, 3.8) is 0 Å². The molecule has 6 nitrogen and oxygen atoms in total. The summed E-state index contributed by atoms with van der Waals surface area (Å²) in [6, 6.07) is 0.452. The van der Waals surface area contributed by atoms with E-state index in [-0.39, 0.29) is 11.9 Å². The Balaban J connectivity index is 1.92. The van der Waals surface area contributed by atoms with Crippen LogP contribution in [0.25, 0.3) is 0 Å². The van der Waals surface area contributed by atoms with Gasteiger partial charge in [0.15, 0.2) is 0 Å². The zero-order valence-corrected chi connectivity index (χ0v) is 11.0. The summed E-state index contributed by atoms with van der Waals surface area (Å²) in [5.41, 5.74) is 4.96. The molecule has 18 heavy (non-hydrogen) atoms. The zero-order chi connectivity index (χ0) is 13.3. The minimum absolute atomic E-state index is 0.323. The van der Waals surface area contributed by atoms with Crippen LogP contribution < -0.4 is 16.4 Å². The number of hydrogen-bond acceptors (Lipinski definition) is 4. The summed E-state index contributed by atoms with van der Waals surface area (Å²) in [6.45, 7) is 1.81. The quantitative estimate of drug-likeness (QED) is 0.650. The summed E-state index contributed by atoms with van der Waals surface area (Å²) in [5.74, 6) is -0.323. The molecule has 0 aliphatic carbocycles. The highest BCUT2D eigenvalue weighted by atomic mass is 16.2. The molecule has 2 aliphatic heterocycles. The van der Waals surface area contributed by atoms with Crippen LogP contribution in [0.3, 0.4) is 0 Å². The second-order valence-corrected chi connectivity index (χ2v) is 5.46. The Morgan fingerprint density at radius 1 is 1.33 bits per heavy atom. The van der Waals surface area contributed by atoms with Crippen molar-refractivity contribution in [3.8, 4) is 0 Å². The molecule has 2 rings (SSSR count). The van der Waals surface area contributed by atoms with E-state index in [0.717, 1.165) is 12.8 Å². The number of likely N-dealkylation sites (N-methyl/N-ethyl adjacent to an activating group) is 1. The van der Waals surface area contributed by atoms with Crippen molar-refractivity contribution in [2.45, 2.75) is 56.8 Å². The molecule has 6 heteroatoms. The number of nitrogens with one attached hydrogen (secondary N) is 2. The van der Waals surface area contributed by atoms with Crippen LogP contribution in [0.2, 0.25) is 0 Å². The van der Waals surface area contributed by atoms with E-state index in [9.17, 15) is 9.59 Å². The molecular formula is C12H22N4O2. The van der Waals surface area contributed by atoms with Gasteiger partial charge in [0.1, 0.15) is 0 Å². The third-order valence-corrected chi connectivity index (χ3v) is 4.26. The molecular weight excluding hydrogens is 232 g/mol. The van der Waals surface area contributed by atoms with E-state index in [4.69, 9.17) is 5.73 Å². The SMILES string of the molecule is CC(C(=O)NC(N)=O)N(C)C1CC2CCC(C1)N2. The molecule has 3 atom stereocenters. The molecule has 2 aliphatic rings. The van der Waals surface area contributed by atoms with Gasteiger partial charge in [0.05, 0.1) is 6.04 Å². The van der Waals surface area contributed by atoms with Crippen LogP contribution in [0.5, 0.6) is 0 Å². The first kappa shape index (κ1) is 13.3. The maximum atomic E-state index is 11.7. The summed E-state index contributed by atoms with van der Waals surface area (Å²) >= 11 is 0. The van der Waals surface area contributed by atoms with Crippen LogP contribution >= 0.6 is 0 Å². The Morgan fingerprint density at radius 3 is 2.39 bits per heavy atom. The summed E-state index contributed by atoms with van der Waals surface area (Å²) in [5, 5.41) is 5.72. The Labute approximate surface area is 107 Å². The second-order valence-electron chi connectivity index (χ2n) is 5.46. The molecule has 3 amide bonds. The van der Waals surface area contributed by atoms with E-state index >= 15 is 0 Å². The number of piperidine rings is 1. The first-order valence-corrected chi connectivity index (χ1v) is 6.55. The molecule has 0 saturated carbocycles. The highest BCUT2D eigenvalue weighted by Crippen LogP contribution is 2.29. The van der Waals surface area contributed by atoms with Gasteiger partial charge in [0.25, 0.3) is 0 Å². The maximum absolute atomic E-state index is 11.7. The van der Waals surface area contributed by atoms with Gasteiger partial charge in [-0.2, -0.15) is 0 Å². The molecule has 0 spiro atoms. The third kappa shape index (κ3) is 2.81. The van der Waals surface area contributed by atoms with E-state index < -0.39 is 6.03 Å². The van der Waals surface area contributed by atoms with Crippen molar-refractivity contribution in [1.29, 1.82) is 0 Å². The number of urea groups is 1. The molecule has 2 heterocycles. The lowest BCUT2D eigenvalue weighted by atomic mass is 9.97. The minimum Gasteiger partial charge on any atom is -0.351 e. The molecule has 0 radical (unpaired) electrons. The van der Waals surface area contributed by atoms with Crippen molar-refractivity contribution in [3.05, 3.63) is 0 Å². The van der Waals surface area contributed by atoms with E-state index in [2.05, 4.69) is 15.5 Å². The first-order valence-electron chi connectivity index (χ1n) is 6.55. The molecule has 0 aromatic carbocycles. The van der Waals surface area contributed by atoms with E-state index in [1.807, 2.05) is 14.0 Å². The van der Waals surface area contributed by atoms with Gasteiger partial charge in [-0.3, -0.25) is 15.0 Å². The van der Waals surface area contributed by atoms with Gasteiger partial charge < -0.3 is 11.1 Å². The molecule has 2 fully saturated rings. The molecule has 0 aromatic heterocycles. The first-order chi connectivity index (χ1) is 8.47. The fourth-order valence-electron chi connectivity index (χ4n) is 3.09. The van der Waals surface area contributed by atoms with Crippen molar-refractivity contribution >= 4 is 11.9 Å². The van der Waals surface area contributed by atoms with Gasteiger partial charge in [0.2, 0.25) is 5.91 Å². The van der Waals surface area contributed by atoms with Crippen LogP contribution in [0.1, 0.15) is 32.6 Å². The number of carbonyl (C=O) groups is 2. The minimum atomic E-state index is -0.786. The lowest BCUT2D eigenvalue weighted by Crippen LogP contribution is -2.54. The smallest absolute Gasteiger partial charge is 0.318 e. The van der Waals surface area contributed by atoms with Gasteiger partial charge >= 0.3 is 6.03 Å². The lowest BCUT2D eigenvalue weighted by molar-refractivity contribution is -0.125. The fraction of sp³-hybridized carbons (Fsp3) is 0.833. The predicted octanol–water partition coefficient (Wildman–Crippen LogP) is -0.215. The standard InChI is InChI=1S/C12H22N4O2/c1-7(11(17)15-12(13)18)16(2)10-5-8-3-4-9(6-10)14-8/h7-10,14H,3-6H2,1-2H3,(H3,13,15,17,18). The van der Waals surface area contributed by atoms with Gasteiger partial charge in [-0.05, 0) is 39.7 Å². The van der Waals surface area contributed by atoms with Crippen molar-refractivity contribution in [2.24, 2.45) is 5.73 Å². The lowest BCUT2D eigenvalue weighted by Gasteiger charge is -2.38. The number of primary amides is 1. The van der Waals surface area contributed by atoms with E-state index in [1.165, 1.54) is 12.8 Å². The fourth-order valence-corrected chi connectivity index (χ4v) is 3.09. The summed E-state index contributed by atoms with van der Waals surface area (Å²) in [6.07, 6.45) is 4.61. The number of carbonyl (C=O) groups excluding carboxylic acids is 2. The average molecular weight is 254 g/mol. The van der Waals surface area contributed by atoms with E-state index in [0.29, 0.717) is 18.1 Å². The third-order valence-electron chi connectivity index (χ3n) is 4.26. The number of nitrogens with zero attached hydrogens (tertiary/aromatic N) is 1. The Bertz CT molecular complexity index is 335. The average Bonchev–Trinajstić information content (AvgIpc) is 2.65. The number of amides is 3. The summed E-state index contributed by atoms with van der Waals surface area (Å²) in [4.78, 5) is 24.5. The van der Waals surface area contributed by atoms with Crippen LogP contribution in [-0.4, -0.2) is 48.1 Å². The van der Waals surface area contributed by atoms with Gasteiger partial charge in [0, 0.05) is 18.1 Å². The Morgan fingerprint density at radius 2 is 1.89 bits per heavy atom. The van der Waals surface area contributed by atoms with Crippen molar-refractivity contribution in [2.75, 3.05) is 7.05 Å². The molecule has 0 aromatic rings. The zero-order valence-electron chi connectivity index (χ0n) is 11.0. The topological polar surface area (TPSA) is 87.5 Å². The number of imide groups is 1. The number of fused-ring (bicyclic) bond motifs is 2. The van der Waals surface area contributed by atoms with Gasteiger partial charge in [-0.25, -0.2) is 4.79 Å². The van der Waals surface area contributed by atoms with Crippen molar-refractivity contribution < 1.29 is 9.59 Å². The predicted molar refractivity (Wildman–Crippen MR) is 67.9 cm³/mol.